The number of rotatable bonds is 7. The Bertz CT molecular complexity index is 607. The van der Waals surface area contributed by atoms with Crippen LogP contribution in [0.2, 0.25) is 0 Å². The van der Waals surface area contributed by atoms with Crippen molar-refractivity contribution in [3.05, 3.63) is 29.8 Å². The van der Waals surface area contributed by atoms with Gasteiger partial charge >= 0.3 is 0 Å². The van der Waals surface area contributed by atoms with Crippen LogP contribution in [0, 0.1) is 0 Å². The van der Waals surface area contributed by atoms with Crippen molar-refractivity contribution in [1.29, 1.82) is 0 Å². The average molecular weight is 340 g/mol. The van der Waals surface area contributed by atoms with Crippen molar-refractivity contribution >= 4 is 15.9 Å². The van der Waals surface area contributed by atoms with Gasteiger partial charge in [0.05, 0.1) is 12.9 Å². The van der Waals surface area contributed by atoms with E-state index in [1.807, 2.05) is 0 Å². The van der Waals surface area contributed by atoms with E-state index in [0.29, 0.717) is 11.3 Å². The zero-order valence-electron chi connectivity index (χ0n) is 13.4. The van der Waals surface area contributed by atoms with Gasteiger partial charge in [0.1, 0.15) is 5.75 Å². The smallest absolute Gasteiger partial charge is 0.251 e. The van der Waals surface area contributed by atoms with E-state index in [1.54, 1.807) is 31.4 Å². The average Bonchev–Trinajstić information content (AvgIpc) is 2.55. The molecular formula is C16H24N2O4S. The molecule has 23 heavy (non-hydrogen) atoms. The number of carbonyl (C=O) groups is 1. The summed E-state index contributed by atoms with van der Waals surface area (Å²) in [6.45, 7) is 0.0902. The Labute approximate surface area is 137 Å². The molecule has 0 unspecified atom stereocenters. The van der Waals surface area contributed by atoms with Gasteiger partial charge in [-0.05, 0) is 37.1 Å². The van der Waals surface area contributed by atoms with Crippen LogP contribution >= 0.6 is 0 Å². The van der Waals surface area contributed by atoms with E-state index in [1.165, 1.54) is 6.42 Å². The molecule has 1 fully saturated rings. The molecule has 0 atom stereocenters. The fourth-order valence-electron chi connectivity index (χ4n) is 2.68. The SMILES string of the molecule is COc1ccc(C(=O)NCCS(=O)(=O)NC2CCCCC2)cc1. The Hall–Kier alpha value is -1.60. The van der Waals surface area contributed by atoms with Gasteiger partial charge in [0.25, 0.3) is 5.91 Å². The maximum absolute atomic E-state index is 12.0. The lowest BCUT2D eigenvalue weighted by Crippen LogP contribution is -2.40. The zero-order chi connectivity index (χ0) is 16.7. The maximum atomic E-state index is 12.0. The first kappa shape index (κ1) is 17.7. The van der Waals surface area contributed by atoms with Gasteiger partial charge < -0.3 is 10.1 Å². The summed E-state index contributed by atoms with van der Waals surface area (Å²) in [5.41, 5.74) is 0.475. The van der Waals surface area contributed by atoms with Crippen LogP contribution in [0.5, 0.6) is 5.75 Å². The third kappa shape index (κ3) is 5.84. The molecule has 1 aromatic carbocycles. The normalized spacial score (nSPS) is 16.0. The summed E-state index contributed by atoms with van der Waals surface area (Å²) < 4.78 is 31.8. The summed E-state index contributed by atoms with van der Waals surface area (Å²) in [6, 6.07) is 6.71. The molecule has 0 saturated heterocycles. The third-order valence-electron chi connectivity index (χ3n) is 3.96. The Morgan fingerprint density at radius 2 is 1.83 bits per heavy atom. The highest BCUT2D eigenvalue weighted by molar-refractivity contribution is 7.89. The monoisotopic (exact) mass is 340 g/mol. The molecule has 128 valence electrons. The Morgan fingerprint density at radius 3 is 2.43 bits per heavy atom. The number of hydrogen-bond acceptors (Lipinski definition) is 4. The number of nitrogens with one attached hydrogen (secondary N) is 2. The largest absolute Gasteiger partial charge is 0.497 e. The molecule has 1 aromatic rings. The van der Waals surface area contributed by atoms with Crippen molar-refractivity contribution in [1.82, 2.24) is 10.0 Å². The van der Waals surface area contributed by atoms with Crippen LogP contribution in [0.1, 0.15) is 42.5 Å². The molecule has 1 aliphatic rings. The van der Waals surface area contributed by atoms with Crippen LogP contribution < -0.4 is 14.8 Å². The fourth-order valence-corrected chi connectivity index (χ4v) is 3.91. The van der Waals surface area contributed by atoms with E-state index in [4.69, 9.17) is 4.74 Å². The molecular weight excluding hydrogens is 316 g/mol. The van der Waals surface area contributed by atoms with Gasteiger partial charge in [-0.3, -0.25) is 4.79 Å². The number of hydrogen-bond donors (Lipinski definition) is 2. The van der Waals surface area contributed by atoms with Crippen LogP contribution in [0.3, 0.4) is 0 Å². The van der Waals surface area contributed by atoms with E-state index >= 15 is 0 Å². The van der Waals surface area contributed by atoms with Crippen molar-refractivity contribution in [2.75, 3.05) is 19.4 Å². The number of benzene rings is 1. The molecule has 0 heterocycles. The van der Waals surface area contributed by atoms with Gasteiger partial charge in [-0.2, -0.15) is 0 Å². The molecule has 1 saturated carbocycles. The lowest BCUT2D eigenvalue weighted by atomic mass is 9.96. The quantitative estimate of drug-likeness (QED) is 0.791. The molecule has 2 N–H and O–H groups in total. The Balaban J connectivity index is 1.77. The molecule has 7 heteroatoms. The predicted molar refractivity (Wildman–Crippen MR) is 89.1 cm³/mol. The van der Waals surface area contributed by atoms with Crippen molar-refractivity contribution < 1.29 is 17.9 Å². The number of carbonyl (C=O) groups excluding carboxylic acids is 1. The number of sulfonamides is 1. The number of amides is 1. The second-order valence-corrected chi connectivity index (χ2v) is 7.63. The summed E-state index contributed by atoms with van der Waals surface area (Å²) in [5.74, 6) is 0.270. The van der Waals surface area contributed by atoms with Gasteiger partial charge in [0.15, 0.2) is 0 Å². The summed E-state index contributed by atoms with van der Waals surface area (Å²) in [4.78, 5) is 12.0. The second-order valence-electron chi connectivity index (χ2n) is 5.76. The van der Waals surface area contributed by atoms with Gasteiger partial charge in [0.2, 0.25) is 10.0 Å². The van der Waals surface area contributed by atoms with Gasteiger partial charge in [-0.1, -0.05) is 19.3 Å². The predicted octanol–water partition coefficient (Wildman–Crippen LogP) is 1.68. The highest BCUT2D eigenvalue weighted by atomic mass is 32.2. The van der Waals surface area contributed by atoms with Crippen LogP contribution in [-0.4, -0.2) is 39.8 Å². The lowest BCUT2D eigenvalue weighted by Gasteiger charge is -2.22. The molecule has 2 rings (SSSR count). The number of methoxy groups -OCH3 is 1. The summed E-state index contributed by atoms with van der Waals surface area (Å²) in [6.07, 6.45) is 5.12. The maximum Gasteiger partial charge on any atom is 0.251 e. The molecule has 0 bridgehead atoms. The van der Waals surface area contributed by atoms with Crippen LogP contribution in [0.25, 0.3) is 0 Å². The first-order valence-electron chi connectivity index (χ1n) is 7.92. The van der Waals surface area contributed by atoms with Gasteiger partial charge in [-0.25, -0.2) is 13.1 Å². The highest BCUT2D eigenvalue weighted by Gasteiger charge is 2.20. The van der Waals surface area contributed by atoms with E-state index in [0.717, 1.165) is 25.7 Å². The van der Waals surface area contributed by atoms with Crippen LogP contribution in [0.15, 0.2) is 24.3 Å². The minimum absolute atomic E-state index is 0.0473. The third-order valence-corrected chi connectivity index (χ3v) is 5.39. The van der Waals surface area contributed by atoms with E-state index in [-0.39, 0.29) is 24.2 Å². The second kappa shape index (κ2) is 8.31. The van der Waals surface area contributed by atoms with Crippen LogP contribution in [0.4, 0.5) is 0 Å². The summed E-state index contributed by atoms with van der Waals surface area (Å²) in [5, 5.41) is 2.63. The topological polar surface area (TPSA) is 84.5 Å². The fraction of sp³-hybridized carbons (Fsp3) is 0.562. The van der Waals surface area contributed by atoms with Crippen molar-refractivity contribution in [2.45, 2.75) is 38.1 Å². The van der Waals surface area contributed by atoms with Crippen LogP contribution in [-0.2, 0) is 10.0 Å². The van der Waals surface area contributed by atoms with Crippen molar-refractivity contribution in [2.24, 2.45) is 0 Å². The molecule has 0 aromatic heterocycles. The van der Waals surface area contributed by atoms with Gasteiger partial charge in [-0.15, -0.1) is 0 Å². The molecule has 0 radical (unpaired) electrons. The van der Waals surface area contributed by atoms with Crippen molar-refractivity contribution in [3.63, 3.8) is 0 Å². The molecule has 0 aliphatic heterocycles. The Morgan fingerprint density at radius 1 is 1.17 bits per heavy atom. The first-order valence-corrected chi connectivity index (χ1v) is 9.57. The van der Waals surface area contributed by atoms with E-state index in [2.05, 4.69) is 10.0 Å². The minimum atomic E-state index is -3.35. The lowest BCUT2D eigenvalue weighted by molar-refractivity contribution is 0.0956. The molecule has 6 nitrogen and oxygen atoms in total. The number of ether oxygens (including phenoxy) is 1. The van der Waals surface area contributed by atoms with E-state index < -0.39 is 10.0 Å². The summed E-state index contributed by atoms with van der Waals surface area (Å²) >= 11 is 0. The molecule has 0 spiro atoms. The minimum Gasteiger partial charge on any atom is -0.497 e. The zero-order valence-corrected chi connectivity index (χ0v) is 14.2. The molecule has 1 aliphatic carbocycles. The Kier molecular flexibility index (Phi) is 6.41. The van der Waals surface area contributed by atoms with Gasteiger partial charge in [0, 0.05) is 18.2 Å². The summed E-state index contributed by atoms with van der Waals surface area (Å²) in [7, 11) is -1.80. The highest BCUT2D eigenvalue weighted by Crippen LogP contribution is 2.18. The van der Waals surface area contributed by atoms with Crippen molar-refractivity contribution in [3.8, 4) is 5.75 Å². The van der Waals surface area contributed by atoms with E-state index in [9.17, 15) is 13.2 Å². The first-order chi connectivity index (χ1) is 11.0. The molecule has 1 amide bonds. The standard InChI is InChI=1S/C16H24N2O4S/c1-22-15-9-7-13(8-10-15)16(19)17-11-12-23(20,21)18-14-5-3-2-4-6-14/h7-10,14,18H,2-6,11-12H2,1H3,(H,17,19).